The van der Waals surface area contributed by atoms with Gasteiger partial charge in [-0.1, -0.05) is 12.1 Å². The minimum absolute atomic E-state index is 0.350. The van der Waals surface area contributed by atoms with Crippen molar-refractivity contribution < 1.29 is 28.5 Å². The molecule has 0 aliphatic heterocycles. The molecule has 0 atom stereocenters. The van der Waals surface area contributed by atoms with E-state index in [0.717, 1.165) is 45.4 Å². The van der Waals surface area contributed by atoms with Crippen molar-refractivity contribution in [3.05, 3.63) is 85.5 Å². The van der Waals surface area contributed by atoms with Gasteiger partial charge < -0.3 is 34.9 Å². The van der Waals surface area contributed by atoms with Crippen LogP contribution in [0.1, 0.15) is 42.3 Å². The number of nitrogens with zero attached hydrogens (tertiary/aromatic N) is 4. The summed E-state index contributed by atoms with van der Waals surface area (Å²) in [5.41, 5.74) is 7.22. The maximum atomic E-state index is 12.2. The van der Waals surface area contributed by atoms with Gasteiger partial charge >= 0.3 is 6.09 Å². The van der Waals surface area contributed by atoms with Crippen LogP contribution in [0.3, 0.4) is 0 Å². The van der Waals surface area contributed by atoms with Crippen LogP contribution in [-0.2, 0) is 32.0 Å². The highest BCUT2D eigenvalue weighted by Crippen LogP contribution is 2.14. The summed E-state index contributed by atoms with van der Waals surface area (Å²) < 4.78 is 22.3. The van der Waals surface area contributed by atoms with E-state index in [1.165, 1.54) is 11.8 Å². The van der Waals surface area contributed by atoms with E-state index in [0.29, 0.717) is 38.4 Å². The predicted molar refractivity (Wildman–Crippen MR) is 194 cm³/mol. The number of nitrogens with two attached hydrogens (primary N) is 1. The Labute approximate surface area is 303 Å². The molecule has 0 radical (unpaired) electrons. The van der Waals surface area contributed by atoms with Crippen LogP contribution in [0.25, 0.3) is 0 Å². The Morgan fingerprint density at radius 3 is 1.77 bits per heavy atom. The molecule has 12 nitrogen and oxygen atoms in total. The smallest absolute Gasteiger partial charge is 0.410 e. The summed E-state index contributed by atoms with van der Waals surface area (Å²) in [6, 6.07) is 11.2. The number of nitrogens with one attached hydrogen (secondary N) is 1. The lowest BCUT2D eigenvalue weighted by Crippen LogP contribution is -2.38. The fraction of sp³-hybridized carbons (Fsp3) is 0.469. The van der Waals surface area contributed by atoms with E-state index in [4.69, 9.17) is 19.9 Å². The van der Waals surface area contributed by atoms with Gasteiger partial charge in [0.2, 0.25) is 0 Å². The Bertz CT molecular complexity index is 1220. The van der Waals surface area contributed by atoms with Gasteiger partial charge in [-0.25, -0.2) is 19.7 Å². The quantitative estimate of drug-likeness (QED) is 0.118. The fourth-order valence-corrected chi connectivity index (χ4v) is 3.68. The van der Waals surface area contributed by atoms with E-state index in [-0.39, 0.29) is 6.09 Å². The number of carbonyl (C=O) groups is 2. The topological polar surface area (TPSA) is 151 Å². The maximum Gasteiger partial charge on any atom is 0.410 e. The Kier molecular flexibility index (Phi) is 26.2. The standard InChI is InChI=1S/C14H21BrN2O3.C9H13BrN2O.C6H4BrNO.C3H9NO/c1-14(2,3)20-13(18)17(7-8-19-4)10-11-5-6-12(15)16-9-11;1-13-5-4-11-6-8-2-3-9(10)12-7-8;7-6-2-1-5(4-9)3-8-6;1-5-3-2-4/h5-6,9H,7-8,10H2,1-4H3;2-3,7,11H,4-6H2,1H3;1-4H;2-4H2,1H3. The van der Waals surface area contributed by atoms with Crippen LogP contribution in [0, 0.1) is 0 Å². The Morgan fingerprint density at radius 2 is 1.36 bits per heavy atom. The van der Waals surface area contributed by atoms with Gasteiger partial charge in [0.25, 0.3) is 0 Å². The van der Waals surface area contributed by atoms with E-state index >= 15 is 0 Å². The number of amides is 1. The maximum absolute atomic E-state index is 12.2. The van der Waals surface area contributed by atoms with Crippen LogP contribution >= 0.6 is 47.8 Å². The molecule has 47 heavy (non-hydrogen) atoms. The molecule has 0 aromatic carbocycles. The monoisotopic (exact) mass is 848 g/mol. The van der Waals surface area contributed by atoms with Gasteiger partial charge in [0.15, 0.2) is 6.29 Å². The first kappa shape index (κ1) is 44.6. The number of hydrogen-bond donors (Lipinski definition) is 2. The van der Waals surface area contributed by atoms with E-state index in [1.54, 1.807) is 44.6 Å². The zero-order chi connectivity index (χ0) is 35.5. The predicted octanol–water partition coefficient (Wildman–Crippen LogP) is 6.06. The number of hydrogen-bond acceptors (Lipinski definition) is 11. The molecule has 0 bridgehead atoms. The zero-order valence-corrected chi connectivity index (χ0v) is 32.6. The van der Waals surface area contributed by atoms with Crippen LogP contribution < -0.4 is 11.1 Å². The summed E-state index contributed by atoms with van der Waals surface area (Å²) >= 11 is 9.72. The summed E-state index contributed by atoms with van der Waals surface area (Å²) in [7, 11) is 4.93. The lowest BCUT2D eigenvalue weighted by atomic mass is 10.2. The SMILES string of the molecule is COCCN.COCCN(Cc1ccc(Br)nc1)C(=O)OC(C)(C)C.COCCNCc1ccc(Br)nc1.O=Cc1ccc(Br)nc1. The van der Waals surface area contributed by atoms with E-state index in [2.05, 4.69) is 72.8 Å². The molecule has 0 aliphatic rings. The third kappa shape index (κ3) is 25.3. The van der Waals surface area contributed by atoms with E-state index in [9.17, 15) is 9.59 Å². The van der Waals surface area contributed by atoms with E-state index < -0.39 is 5.60 Å². The number of pyridine rings is 3. The highest BCUT2D eigenvalue weighted by atomic mass is 79.9. The summed E-state index contributed by atoms with van der Waals surface area (Å²) in [5, 5.41) is 3.24. The van der Waals surface area contributed by atoms with Gasteiger partial charge in [-0.05, 0) is 104 Å². The second kappa shape index (κ2) is 27.6. The molecule has 3 N–H and O–H groups in total. The van der Waals surface area contributed by atoms with Gasteiger partial charge in [-0.15, -0.1) is 0 Å². The van der Waals surface area contributed by atoms with Gasteiger partial charge in [0.05, 0.1) is 26.4 Å². The van der Waals surface area contributed by atoms with Crippen LogP contribution in [-0.4, -0.2) is 98.6 Å². The minimum atomic E-state index is -0.514. The molecule has 0 saturated heterocycles. The van der Waals surface area contributed by atoms with Gasteiger partial charge in [-0.3, -0.25) is 4.79 Å². The average Bonchev–Trinajstić information content (AvgIpc) is 3.04. The summed E-state index contributed by atoms with van der Waals surface area (Å²) in [5.74, 6) is 0. The first-order valence-corrected chi connectivity index (χ1v) is 16.9. The summed E-state index contributed by atoms with van der Waals surface area (Å²) in [4.78, 5) is 35.9. The molecule has 262 valence electrons. The highest BCUT2D eigenvalue weighted by molar-refractivity contribution is 9.11. The van der Waals surface area contributed by atoms with Crippen molar-refractivity contribution in [2.75, 3.05) is 60.8 Å². The number of aromatic nitrogens is 3. The van der Waals surface area contributed by atoms with Crippen molar-refractivity contribution in [3.63, 3.8) is 0 Å². The Morgan fingerprint density at radius 1 is 0.830 bits per heavy atom. The average molecular weight is 851 g/mol. The summed E-state index contributed by atoms with van der Waals surface area (Å²) in [6.07, 6.45) is 5.51. The molecule has 1 amide bonds. The van der Waals surface area contributed by atoms with Crippen LogP contribution in [0.4, 0.5) is 4.79 Å². The zero-order valence-electron chi connectivity index (χ0n) is 27.9. The van der Waals surface area contributed by atoms with Gasteiger partial charge in [0, 0.05) is 71.7 Å². The first-order chi connectivity index (χ1) is 22.4. The molecule has 3 rings (SSSR count). The van der Waals surface area contributed by atoms with E-state index in [1.807, 2.05) is 51.2 Å². The van der Waals surface area contributed by atoms with Crippen LogP contribution in [0.2, 0.25) is 0 Å². The largest absolute Gasteiger partial charge is 0.444 e. The first-order valence-electron chi connectivity index (χ1n) is 14.5. The fourth-order valence-electron chi connectivity index (χ4n) is 2.98. The van der Waals surface area contributed by atoms with Gasteiger partial charge in [0.1, 0.15) is 19.4 Å². The van der Waals surface area contributed by atoms with Crippen LogP contribution in [0.15, 0.2) is 68.8 Å². The molecule has 3 aromatic heterocycles. The number of methoxy groups -OCH3 is 3. The highest BCUT2D eigenvalue weighted by Gasteiger charge is 2.22. The molecular formula is C32H47Br3N6O6. The number of rotatable bonds is 13. The molecule has 0 unspecified atom stereocenters. The number of ether oxygens (including phenoxy) is 4. The van der Waals surface area contributed by atoms with Crippen molar-refractivity contribution in [3.8, 4) is 0 Å². The normalized spacial score (nSPS) is 10.3. The molecule has 0 fully saturated rings. The lowest BCUT2D eigenvalue weighted by Gasteiger charge is -2.27. The van der Waals surface area contributed by atoms with Crippen molar-refractivity contribution in [1.29, 1.82) is 0 Å². The van der Waals surface area contributed by atoms with Crippen molar-refractivity contribution in [2.24, 2.45) is 5.73 Å². The molecule has 3 aromatic rings. The van der Waals surface area contributed by atoms with Crippen LogP contribution in [0.5, 0.6) is 0 Å². The molecule has 0 aliphatic carbocycles. The Hall–Kier alpha value is -2.37. The molecule has 0 saturated carbocycles. The molecule has 3 heterocycles. The molecule has 0 spiro atoms. The summed E-state index contributed by atoms with van der Waals surface area (Å²) in [6.45, 7) is 10.7. The lowest BCUT2D eigenvalue weighted by molar-refractivity contribution is 0.0183. The molecular weight excluding hydrogens is 804 g/mol. The third-order valence-corrected chi connectivity index (χ3v) is 6.60. The second-order valence-corrected chi connectivity index (χ2v) is 12.8. The number of halogens is 3. The van der Waals surface area contributed by atoms with Crippen molar-refractivity contribution in [2.45, 2.75) is 39.5 Å². The van der Waals surface area contributed by atoms with Crippen molar-refractivity contribution >= 4 is 60.2 Å². The Balaban J connectivity index is 0.000000669. The second-order valence-electron chi connectivity index (χ2n) is 10.4. The third-order valence-electron chi connectivity index (χ3n) is 5.19. The molecule has 15 heteroatoms. The minimum Gasteiger partial charge on any atom is -0.444 e. The number of aldehydes is 1. The van der Waals surface area contributed by atoms with Gasteiger partial charge in [-0.2, -0.15) is 0 Å². The van der Waals surface area contributed by atoms with Crippen molar-refractivity contribution in [1.82, 2.24) is 25.2 Å². The number of carbonyl (C=O) groups excluding carboxylic acids is 2.